The first-order valence-corrected chi connectivity index (χ1v) is 9.85. The molecule has 2 amide bonds. The van der Waals surface area contributed by atoms with Gasteiger partial charge >= 0.3 is 0 Å². The first kappa shape index (κ1) is 19.3. The lowest BCUT2D eigenvalue weighted by molar-refractivity contribution is -0.141. The first-order valence-electron chi connectivity index (χ1n) is 9.85. The van der Waals surface area contributed by atoms with Gasteiger partial charge in [-0.3, -0.25) is 9.59 Å². The number of carbonyl (C=O) groups is 2. The summed E-state index contributed by atoms with van der Waals surface area (Å²) in [6.07, 6.45) is 9.28. The number of allylic oxidation sites excluding steroid dienone is 2. The van der Waals surface area contributed by atoms with Crippen molar-refractivity contribution in [2.75, 3.05) is 13.1 Å². The van der Waals surface area contributed by atoms with Gasteiger partial charge in [-0.15, -0.1) is 0 Å². The summed E-state index contributed by atoms with van der Waals surface area (Å²) in [6.45, 7) is 0.642. The summed E-state index contributed by atoms with van der Waals surface area (Å²) in [5, 5.41) is 14.2. The standard InChI is InChI=1S/C22H24N4O3/c27-19-14-26(21(29)16-6-4-5-7-16)11-10-22(19,18-8-2-1-3-9-18)25-20(28)17-12-23-15-24-13-17/h1-5,8-9,12-13,15-16,19,27H,6-7,10-11,14H2,(H,25,28)/t19-,22+/m1/s1. The van der Waals surface area contributed by atoms with Gasteiger partial charge in [0.1, 0.15) is 6.33 Å². The maximum absolute atomic E-state index is 12.9. The normalized spacial score (nSPS) is 24.4. The van der Waals surface area contributed by atoms with E-state index in [9.17, 15) is 14.7 Å². The van der Waals surface area contributed by atoms with E-state index in [1.807, 2.05) is 42.5 Å². The van der Waals surface area contributed by atoms with Crippen molar-refractivity contribution in [1.29, 1.82) is 0 Å². The predicted molar refractivity (Wildman–Crippen MR) is 107 cm³/mol. The van der Waals surface area contributed by atoms with E-state index in [4.69, 9.17) is 0 Å². The number of amides is 2. The minimum Gasteiger partial charge on any atom is -0.388 e. The number of aliphatic hydroxyl groups is 1. The lowest BCUT2D eigenvalue weighted by Crippen LogP contribution is -2.63. The van der Waals surface area contributed by atoms with E-state index < -0.39 is 11.6 Å². The molecule has 0 spiro atoms. The average molecular weight is 392 g/mol. The molecule has 1 aromatic carbocycles. The maximum Gasteiger partial charge on any atom is 0.255 e. The molecule has 4 rings (SSSR count). The highest BCUT2D eigenvalue weighted by atomic mass is 16.3. The van der Waals surface area contributed by atoms with E-state index in [0.717, 1.165) is 18.4 Å². The number of aromatic nitrogens is 2. The predicted octanol–water partition coefficient (Wildman–Crippen LogP) is 1.66. The largest absolute Gasteiger partial charge is 0.388 e. The van der Waals surface area contributed by atoms with Crippen LogP contribution in [0.5, 0.6) is 0 Å². The highest BCUT2D eigenvalue weighted by molar-refractivity contribution is 5.94. The highest BCUT2D eigenvalue weighted by Crippen LogP contribution is 2.35. The van der Waals surface area contributed by atoms with Gasteiger partial charge in [0.05, 0.1) is 17.2 Å². The molecule has 0 radical (unpaired) electrons. The van der Waals surface area contributed by atoms with Crippen molar-refractivity contribution >= 4 is 11.8 Å². The summed E-state index contributed by atoms with van der Waals surface area (Å²) in [7, 11) is 0. The molecule has 1 aliphatic carbocycles. The number of hydrogen-bond acceptors (Lipinski definition) is 5. The molecule has 1 aromatic heterocycles. The van der Waals surface area contributed by atoms with Crippen molar-refractivity contribution in [3.05, 3.63) is 72.3 Å². The Balaban J connectivity index is 1.58. The first-order chi connectivity index (χ1) is 14.1. The van der Waals surface area contributed by atoms with Crippen molar-refractivity contribution in [2.24, 2.45) is 5.92 Å². The van der Waals surface area contributed by atoms with E-state index in [-0.39, 0.29) is 24.3 Å². The van der Waals surface area contributed by atoms with Gasteiger partial charge < -0.3 is 15.3 Å². The number of aliphatic hydroxyl groups excluding tert-OH is 1. The van der Waals surface area contributed by atoms with Crippen LogP contribution >= 0.6 is 0 Å². The molecule has 2 aliphatic rings. The Morgan fingerprint density at radius 2 is 1.79 bits per heavy atom. The van der Waals surface area contributed by atoms with Crippen LogP contribution in [0.1, 0.15) is 35.2 Å². The smallest absolute Gasteiger partial charge is 0.255 e. The second kappa shape index (κ2) is 8.13. The summed E-state index contributed by atoms with van der Waals surface area (Å²) in [6, 6.07) is 9.43. The lowest BCUT2D eigenvalue weighted by atomic mass is 9.78. The molecule has 150 valence electrons. The van der Waals surface area contributed by atoms with Crippen LogP contribution in [0.25, 0.3) is 0 Å². The number of likely N-dealkylation sites (tertiary alicyclic amines) is 1. The Hall–Kier alpha value is -3.06. The number of hydrogen-bond donors (Lipinski definition) is 2. The molecule has 0 bridgehead atoms. The Morgan fingerprint density at radius 1 is 1.10 bits per heavy atom. The molecule has 1 saturated heterocycles. The SMILES string of the molecule is O=C(N[C@]1(c2ccccc2)CCN(C(=O)C2CC=CC2)C[C@H]1O)c1cncnc1. The van der Waals surface area contributed by atoms with Gasteiger partial charge in [-0.2, -0.15) is 0 Å². The maximum atomic E-state index is 12.9. The Morgan fingerprint density at radius 3 is 2.45 bits per heavy atom. The van der Waals surface area contributed by atoms with Gasteiger partial charge in [0.25, 0.3) is 5.91 Å². The fourth-order valence-electron chi connectivity index (χ4n) is 4.19. The third-order valence-corrected chi connectivity index (χ3v) is 5.86. The van der Waals surface area contributed by atoms with Crippen molar-refractivity contribution in [3.63, 3.8) is 0 Å². The molecule has 7 nitrogen and oxygen atoms in total. The second-order valence-electron chi connectivity index (χ2n) is 7.61. The van der Waals surface area contributed by atoms with Crippen LogP contribution in [-0.2, 0) is 10.3 Å². The molecule has 2 heterocycles. The molecule has 29 heavy (non-hydrogen) atoms. The number of β-amino-alcohol motifs (C(OH)–C–C–N with tert-alkyl or cyclic N) is 1. The second-order valence-corrected chi connectivity index (χ2v) is 7.61. The molecular weight excluding hydrogens is 368 g/mol. The zero-order valence-corrected chi connectivity index (χ0v) is 16.1. The zero-order chi connectivity index (χ0) is 20.3. The number of nitrogens with zero attached hydrogens (tertiary/aromatic N) is 3. The summed E-state index contributed by atoms with van der Waals surface area (Å²) in [5.41, 5.74) is 0.150. The van der Waals surface area contributed by atoms with E-state index in [1.54, 1.807) is 4.90 Å². The van der Waals surface area contributed by atoms with Crippen LogP contribution in [0.4, 0.5) is 0 Å². The van der Waals surface area contributed by atoms with E-state index >= 15 is 0 Å². The van der Waals surface area contributed by atoms with Gasteiger partial charge in [0.2, 0.25) is 5.91 Å². The highest BCUT2D eigenvalue weighted by Gasteiger charge is 2.46. The molecule has 0 unspecified atom stereocenters. The third-order valence-electron chi connectivity index (χ3n) is 5.86. The average Bonchev–Trinajstić information content (AvgIpc) is 3.31. The summed E-state index contributed by atoms with van der Waals surface area (Å²) in [4.78, 5) is 35.2. The summed E-state index contributed by atoms with van der Waals surface area (Å²) in [5.74, 6) is -0.325. The fourth-order valence-corrected chi connectivity index (χ4v) is 4.19. The van der Waals surface area contributed by atoms with Crippen LogP contribution in [0.15, 0.2) is 61.2 Å². The third kappa shape index (κ3) is 3.78. The quantitative estimate of drug-likeness (QED) is 0.772. The minimum absolute atomic E-state index is 0.0394. The van der Waals surface area contributed by atoms with Crippen LogP contribution in [0.3, 0.4) is 0 Å². The fraction of sp³-hybridized carbons (Fsp3) is 0.364. The van der Waals surface area contributed by atoms with Gasteiger partial charge in [-0.1, -0.05) is 42.5 Å². The van der Waals surface area contributed by atoms with E-state index in [1.165, 1.54) is 18.7 Å². The topological polar surface area (TPSA) is 95.4 Å². The van der Waals surface area contributed by atoms with Gasteiger partial charge in [0.15, 0.2) is 0 Å². The number of rotatable bonds is 4. The van der Waals surface area contributed by atoms with E-state index in [2.05, 4.69) is 15.3 Å². The number of carbonyl (C=O) groups excluding carboxylic acids is 2. The monoisotopic (exact) mass is 392 g/mol. The minimum atomic E-state index is -0.987. The molecule has 2 N–H and O–H groups in total. The summed E-state index contributed by atoms with van der Waals surface area (Å²) >= 11 is 0. The van der Waals surface area contributed by atoms with Crippen LogP contribution in [0.2, 0.25) is 0 Å². The summed E-state index contributed by atoms with van der Waals surface area (Å²) < 4.78 is 0. The Kier molecular flexibility index (Phi) is 5.40. The molecule has 1 aliphatic heterocycles. The van der Waals surface area contributed by atoms with Crippen molar-refractivity contribution < 1.29 is 14.7 Å². The van der Waals surface area contributed by atoms with Gasteiger partial charge in [-0.05, 0) is 24.8 Å². The molecule has 0 saturated carbocycles. The zero-order valence-electron chi connectivity index (χ0n) is 16.1. The Labute approximate surface area is 169 Å². The van der Waals surface area contributed by atoms with Crippen LogP contribution in [0, 0.1) is 5.92 Å². The van der Waals surface area contributed by atoms with Gasteiger partial charge in [-0.25, -0.2) is 9.97 Å². The van der Waals surface area contributed by atoms with Crippen molar-refractivity contribution in [2.45, 2.75) is 30.9 Å². The molecule has 2 aromatic rings. The Bertz CT molecular complexity index is 895. The molecule has 7 heteroatoms. The molecule has 1 fully saturated rings. The van der Waals surface area contributed by atoms with E-state index in [0.29, 0.717) is 18.5 Å². The number of benzene rings is 1. The van der Waals surface area contributed by atoms with Gasteiger partial charge in [0, 0.05) is 31.4 Å². The lowest BCUT2D eigenvalue weighted by Gasteiger charge is -2.46. The van der Waals surface area contributed by atoms with Crippen LogP contribution < -0.4 is 5.32 Å². The number of nitrogens with one attached hydrogen (secondary N) is 1. The number of piperidine rings is 1. The van der Waals surface area contributed by atoms with Crippen molar-refractivity contribution in [1.82, 2.24) is 20.2 Å². The van der Waals surface area contributed by atoms with Crippen molar-refractivity contribution in [3.8, 4) is 0 Å². The molecular formula is C22H24N4O3. The molecule has 2 atom stereocenters. The van der Waals surface area contributed by atoms with Crippen LogP contribution in [-0.4, -0.2) is 51.0 Å².